The van der Waals surface area contributed by atoms with Gasteiger partial charge in [0.1, 0.15) is 29.3 Å². The van der Waals surface area contributed by atoms with E-state index in [0.717, 1.165) is 0 Å². The molecule has 2 fully saturated rings. The zero-order valence-corrected chi connectivity index (χ0v) is 16.2. The normalized spacial score (nSPS) is 31.2. The molecule has 2 aliphatic heterocycles. The summed E-state index contributed by atoms with van der Waals surface area (Å²) < 4.78 is 11.3. The van der Waals surface area contributed by atoms with Crippen molar-refractivity contribution in [3.63, 3.8) is 0 Å². The minimum atomic E-state index is -1.23. The highest BCUT2D eigenvalue weighted by Gasteiger charge is 2.69. The predicted molar refractivity (Wildman–Crippen MR) is 102 cm³/mol. The lowest BCUT2D eigenvalue weighted by atomic mass is 9.81. The van der Waals surface area contributed by atoms with Crippen molar-refractivity contribution in [2.24, 2.45) is 0 Å². The molecule has 4 rings (SSSR count). The number of alkyl halides is 1. The number of phenols is 1. The number of hydrogen-bond donors (Lipinski definition) is 4. The second-order valence-corrected chi connectivity index (χ2v) is 7.86. The number of rotatable bonds is 5. The second-order valence-electron chi connectivity index (χ2n) is 7.39. The van der Waals surface area contributed by atoms with Crippen LogP contribution in [-0.4, -0.2) is 63.0 Å². The monoisotopic (exact) mass is 421 g/mol. The summed E-state index contributed by atoms with van der Waals surface area (Å²) in [5.41, 5.74) is 0.0492. The summed E-state index contributed by atoms with van der Waals surface area (Å²) in [6.07, 6.45) is 0.926. The van der Waals surface area contributed by atoms with Gasteiger partial charge in [0, 0.05) is 12.0 Å². The van der Waals surface area contributed by atoms with E-state index < -0.39 is 28.9 Å². The number of carboxylic acid groups (broad SMARTS) is 1. The summed E-state index contributed by atoms with van der Waals surface area (Å²) in [5, 5.41) is 31.2. The first-order valence-corrected chi connectivity index (χ1v) is 9.57. The predicted octanol–water partition coefficient (Wildman–Crippen LogP) is 1.42. The van der Waals surface area contributed by atoms with Gasteiger partial charge in [0.25, 0.3) is 5.91 Å². The van der Waals surface area contributed by atoms with Crippen molar-refractivity contribution in [2.75, 3.05) is 6.61 Å². The molecule has 0 saturated carbocycles. The number of aliphatic hydroxyl groups is 1. The Kier molecular flexibility index (Phi) is 4.80. The van der Waals surface area contributed by atoms with Crippen molar-refractivity contribution in [3.8, 4) is 5.75 Å². The van der Waals surface area contributed by atoms with Gasteiger partial charge in [-0.15, -0.1) is 11.6 Å². The maximum atomic E-state index is 12.8. The Morgan fingerprint density at radius 3 is 2.66 bits per heavy atom. The van der Waals surface area contributed by atoms with E-state index in [-0.39, 0.29) is 42.3 Å². The lowest BCUT2D eigenvalue weighted by Gasteiger charge is -2.32. The molecule has 5 atom stereocenters. The number of aromatic hydroxyl groups is 1. The van der Waals surface area contributed by atoms with Crippen LogP contribution < -0.4 is 5.32 Å². The van der Waals surface area contributed by atoms with Gasteiger partial charge in [0.05, 0.1) is 23.7 Å². The Hall–Kier alpha value is -2.55. The lowest BCUT2D eigenvalue weighted by Crippen LogP contribution is -2.47. The molecule has 1 spiro atoms. The molecule has 1 amide bonds. The third kappa shape index (κ3) is 3.27. The molecular formula is C20H20ClNO7. The Balaban J connectivity index is 1.53. The van der Waals surface area contributed by atoms with Gasteiger partial charge >= 0.3 is 5.97 Å². The Morgan fingerprint density at radius 2 is 2.00 bits per heavy atom. The molecule has 3 aliphatic rings. The Morgan fingerprint density at radius 1 is 1.31 bits per heavy atom. The van der Waals surface area contributed by atoms with Crippen LogP contribution in [0.2, 0.25) is 0 Å². The second kappa shape index (κ2) is 7.05. The molecule has 0 aromatic heterocycles. The minimum Gasteiger partial charge on any atom is -0.508 e. The third-order valence-corrected chi connectivity index (χ3v) is 6.01. The van der Waals surface area contributed by atoms with Crippen molar-refractivity contribution in [1.29, 1.82) is 0 Å². The van der Waals surface area contributed by atoms with Gasteiger partial charge in [-0.1, -0.05) is 12.1 Å². The zero-order valence-electron chi connectivity index (χ0n) is 15.5. The molecule has 0 bridgehead atoms. The Labute approximate surface area is 171 Å². The first-order valence-electron chi connectivity index (χ1n) is 9.14. The van der Waals surface area contributed by atoms with Crippen LogP contribution in [0.3, 0.4) is 0 Å². The van der Waals surface area contributed by atoms with Crippen LogP contribution in [0.4, 0.5) is 0 Å². The van der Waals surface area contributed by atoms with E-state index in [0.29, 0.717) is 11.1 Å². The molecule has 2 saturated heterocycles. The molecule has 9 heteroatoms. The lowest BCUT2D eigenvalue weighted by molar-refractivity contribution is -0.141. The average Bonchev–Trinajstić information content (AvgIpc) is 3.43. The van der Waals surface area contributed by atoms with Crippen molar-refractivity contribution >= 4 is 23.5 Å². The molecule has 1 aliphatic carbocycles. The molecule has 8 nitrogen and oxygen atoms in total. The molecule has 4 N–H and O–H groups in total. The van der Waals surface area contributed by atoms with Crippen molar-refractivity contribution < 1.29 is 34.4 Å². The molecule has 1 aromatic carbocycles. The van der Waals surface area contributed by atoms with E-state index in [1.54, 1.807) is 12.1 Å². The van der Waals surface area contributed by atoms with Crippen LogP contribution in [0.1, 0.15) is 12.5 Å². The fraction of sp³-hybridized carbons (Fsp3) is 0.400. The molecule has 29 heavy (non-hydrogen) atoms. The molecular weight excluding hydrogens is 402 g/mol. The number of aliphatic carboxylic acids is 1. The molecule has 1 aromatic rings. The summed E-state index contributed by atoms with van der Waals surface area (Å²) in [7, 11) is 0. The number of aliphatic hydroxyl groups excluding tert-OH is 1. The smallest absolute Gasteiger partial charge is 0.326 e. The number of amides is 1. The number of benzene rings is 1. The molecule has 0 radical (unpaired) electrons. The van der Waals surface area contributed by atoms with Gasteiger partial charge in [0.2, 0.25) is 0 Å². The van der Waals surface area contributed by atoms with E-state index in [9.17, 15) is 24.9 Å². The standard InChI is InChI=1S/C20H20ClNO7/c1-9-17-20(29-17)13(8-28-9)16(24)12(7-15(20)21)18(25)22-14(19(26)27)6-10-2-4-11(23)5-3-10/h2-5,7,9,14-15,17,23-24H,6,8H2,1H3,(H,22,25)(H,26,27)/t9?,14-,15+,17?,20?/m0/s1. The van der Waals surface area contributed by atoms with Gasteiger partial charge in [-0.3, -0.25) is 4.79 Å². The number of phenolic OH excluding ortho intramolecular Hbond substituents is 1. The largest absolute Gasteiger partial charge is 0.508 e. The SMILES string of the molecule is CC1OCC2=C(O)C(C(=O)N[C@@H](Cc3ccc(O)cc3)C(=O)O)=C[C@@H](Cl)C23OC13. The highest BCUT2D eigenvalue weighted by Crippen LogP contribution is 2.56. The summed E-state index contributed by atoms with van der Waals surface area (Å²) >= 11 is 6.46. The number of hydrogen-bond acceptors (Lipinski definition) is 6. The van der Waals surface area contributed by atoms with Crippen LogP contribution >= 0.6 is 11.6 Å². The van der Waals surface area contributed by atoms with E-state index in [1.807, 2.05) is 6.92 Å². The summed E-state index contributed by atoms with van der Waals surface area (Å²) in [5.74, 6) is -2.21. The third-order valence-electron chi connectivity index (χ3n) is 5.56. The first-order chi connectivity index (χ1) is 13.7. The number of carbonyl (C=O) groups excluding carboxylic acids is 1. The maximum Gasteiger partial charge on any atom is 0.326 e. The van der Waals surface area contributed by atoms with E-state index in [4.69, 9.17) is 21.1 Å². The van der Waals surface area contributed by atoms with Crippen molar-refractivity contribution in [3.05, 3.63) is 52.8 Å². The first kappa shape index (κ1) is 19.8. The summed E-state index contributed by atoms with van der Waals surface area (Å²) in [6.45, 7) is 1.93. The number of epoxide rings is 1. The minimum absolute atomic E-state index is 0.00597. The van der Waals surface area contributed by atoms with Gasteiger partial charge in [-0.05, 0) is 30.7 Å². The summed E-state index contributed by atoms with van der Waals surface area (Å²) in [4.78, 5) is 24.4. The van der Waals surface area contributed by atoms with Crippen LogP contribution in [0.5, 0.6) is 5.75 Å². The fourth-order valence-electron chi connectivity index (χ4n) is 3.92. The van der Waals surface area contributed by atoms with Gasteiger partial charge in [0.15, 0.2) is 0 Å². The molecule has 3 unspecified atom stereocenters. The van der Waals surface area contributed by atoms with Crippen LogP contribution in [0, 0.1) is 0 Å². The van der Waals surface area contributed by atoms with Crippen molar-refractivity contribution in [2.45, 2.75) is 42.6 Å². The highest BCUT2D eigenvalue weighted by atomic mass is 35.5. The van der Waals surface area contributed by atoms with Gasteiger partial charge in [-0.2, -0.15) is 0 Å². The quantitative estimate of drug-likeness (QED) is 0.418. The molecule has 2 heterocycles. The number of ether oxygens (including phenoxy) is 2. The van der Waals surface area contributed by atoms with Crippen molar-refractivity contribution in [1.82, 2.24) is 5.32 Å². The maximum absolute atomic E-state index is 12.8. The van der Waals surface area contributed by atoms with Gasteiger partial charge in [-0.25, -0.2) is 4.79 Å². The number of carbonyl (C=O) groups is 2. The number of carboxylic acids is 1. The number of halogens is 1. The molecule has 154 valence electrons. The van der Waals surface area contributed by atoms with E-state index in [2.05, 4.69) is 5.32 Å². The average molecular weight is 422 g/mol. The number of nitrogens with one attached hydrogen (secondary N) is 1. The zero-order chi connectivity index (χ0) is 20.9. The Bertz CT molecular complexity index is 925. The van der Waals surface area contributed by atoms with Crippen LogP contribution in [0.25, 0.3) is 0 Å². The van der Waals surface area contributed by atoms with Crippen LogP contribution in [-0.2, 0) is 25.5 Å². The van der Waals surface area contributed by atoms with Gasteiger partial charge < -0.3 is 30.1 Å². The fourth-order valence-corrected chi connectivity index (χ4v) is 4.35. The van der Waals surface area contributed by atoms with E-state index in [1.165, 1.54) is 18.2 Å². The topological polar surface area (TPSA) is 129 Å². The van der Waals surface area contributed by atoms with E-state index >= 15 is 0 Å². The van der Waals surface area contributed by atoms with Crippen LogP contribution in [0.15, 0.2) is 47.2 Å². The summed E-state index contributed by atoms with van der Waals surface area (Å²) in [6, 6.07) is 4.77. The highest BCUT2D eigenvalue weighted by molar-refractivity contribution is 6.24.